The standard InChI is InChI=1S/C16H24O3/c1-4-6-7-10-18-12-15-11-14(13(3)17)8-9-16(15)19-5-2/h8-9,11H,4-7,10,12H2,1-3H3. The quantitative estimate of drug-likeness (QED) is 0.499. The van der Waals surface area contributed by atoms with E-state index in [9.17, 15) is 4.79 Å². The number of rotatable bonds is 9. The molecular formula is C16H24O3. The molecule has 0 aliphatic carbocycles. The minimum absolute atomic E-state index is 0.0651. The number of hydrogen-bond donors (Lipinski definition) is 0. The fourth-order valence-corrected chi connectivity index (χ4v) is 1.84. The lowest BCUT2D eigenvalue weighted by atomic mass is 10.1. The predicted molar refractivity (Wildman–Crippen MR) is 76.8 cm³/mol. The summed E-state index contributed by atoms with van der Waals surface area (Å²) >= 11 is 0. The zero-order valence-corrected chi connectivity index (χ0v) is 12.2. The number of unbranched alkanes of at least 4 members (excludes halogenated alkanes) is 2. The third-order valence-electron chi connectivity index (χ3n) is 2.92. The molecule has 0 saturated heterocycles. The molecule has 0 spiro atoms. The summed E-state index contributed by atoms with van der Waals surface area (Å²) in [6, 6.07) is 5.52. The summed E-state index contributed by atoms with van der Waals surface area (Å²) in [6.45, 7) is 7.56. The third-order valence-corrected chi connectivity index (χ3v) is 2.92. The molecule has 0 bridgehead atoms. The molecule has 3 nitrogen and oxygen atoms in total. The van der Waals surface area contributed by atoms with Gasteiger partial charge in [0.2, 0.25) is 0 Å². The van der Waals surface area contributed by atoms with E-state index in [0.29, 0.717) is 18.8 Å². The van der Waals surface area contributed by atoms with Crippen LogP contribution in [0, 0.1) is 0 Å². The lowest BCUT2D eigenvalue weighted by molar-refractivity contribution is 0.101. The first-order chi connectivity index (χ1) is 9.19. The molecule has 0 aliphatic heterocycles. The van der Waals surface area contributed by atoms with Crippen molar-refractivity contribution in [3.05, 3.63) is 29.3 Å². The molecule has 1 aromatic rings. The van der Waals surface area contributed by atoms with E-state index >= 15 is 0 Å². The Kier molecular flexibility index (Phi) is 7.19. The maximum Gasteiger partial charge on any atom is 0.159 e. The number of carbonyl (C=O) groups excluding carboxylic acids is 1. The summed E-state index contributed by atoms with van der Waals surface area (Å²) in [6.07, 6.45) is 3.45. The Morgan fingerprint density at radius 3 is 2.63 bits per heavy atom. The van der Waals surface area contributed by atoms with Crippen molar-refractivity contribution < 1.29 is 14.3 Å². The van der Waals surface area contributed by atoms with Crippen LogP contribution in [0.4, 0.5) is 0 Å². The molecule has 3 heteroatoms. The van der Waals surface area contributed by atoms with Crippen LogP contribution in [-0.4, -0.2) is 19.0 Å². The zero-order valence-electron chi connectivity index (χ0n) is 12.2. The van der Waals surface area contributed by atoms with Gasteiger partial charge in [-0.05, 0) is 38.5 Å². The molecule has 0 heterocycles. The molecule has 0 fully saturated rings. The van der Waals surface area contributed by atoms with E-state index in [1.807, 2.05) is 19.1 Å². The van der Waals surface area contributed by atoms with E-state index in [1.54, 1.807) is 13.0 Å². The summed E-state index contributed by atoms with van der Waals surface area (Å²) in [5.41, 5.74) is 1.65. The largest absolute Gasteiger partial charge is 0.494 e. The molecule has 1 rings (SSSR count). The zero-order chi connectivity index (χ0) is 14.1. The second kappa shape index (κ2) is 8.70. The van der Waals surface area contributed by atoms with Gasteiger partial charge in [-0.3, -0.25) is 4.79 Å². The van der Waals surface area contributed by atoms with Crippen LogP contribution in [0.25, 0.3) is 0 Å². The van der Waals surface area contributed by atoms with Crippen molar-refractivity contribution in [1.82, 2.24) is 0 Å². The van der Waals surface area contributed by atoms with Crippen LogP contribution >= 0.6 is 0 Å². The Morgan fingerprint density at radius 1 is 1.21 bits per heavy atom. The minimum Gasteiger partial charge on any atom is -0.494 e. The summed E-state index contributed by atoms with van der Waals surface area (Å²) < 4.78 is 11.2. The van der Waals surface area contributed by atoms with Crippen molar-refractivity contribution in [2.75, 3.05) is 13.2 Å². The lowest BCUT2D eigenvalue weighted by Gasteiger charge is -2.12. The second-order valence-corrected chi connectivity index (χ2v) is 4.57. The van der Waals surface area contributed by atoms with E-state index in [0.717, 1.165) is 24.3 Å². The lowest BCUT2D eigenvalue weighted by Crippen LogP contribution is -2.03. The molecule has 0 unspecified atom stereocenters. The van der Waals surface area contributed by atoms with Gasteiger partial charge in [-0.25, -0.2) is 0 Å². The van der Waals surface area contributed by atoms with E-state index < -0.39 is 0 Å². The van der Waals surface area contributed by atoms with Crippen molar-refractivity contribution in [3.63, 3.8) is 0 Å². The molecule has 19 heavy (non-hydrogen) atoms. The summed E-state index contributed by atoms with van der Waals surface area (Å²) in [5, 5.41) is 0. The van der Waals surface area contributed by atoms with Crippen molar-refractivity contribution in [2.24, 2.45) is 0 Å². The van der Waals surface area contributed by atoms with Crippen molar-refractivity contribution in [2.45, 2.75) is 46.6 Å². The van der Waals surface area contributed by atoms with Gasteiger partial charge in [0.15, 0.2) is 5.78 Å². The Labute approximate surface area is 115 Å². The number of Topliss-reactive ketones (excluding diaryl/α,β-unsaturated/α-hetero) is 1. The van der Waals surface area contributed by atoms with Gasteiger partial charge < -0.3 is 9.47 Å². The van der Waals surface area contributed by atoms with Gasteiger partial charge in [-0.15, -0.1) is 0 Å². The minimum atomic E-state index is 0.0651. The van der Waals surface area contributed by atoms with Crippen LogP contribution in [0.5, 0.6) is 5.75 Å². The number of ether oxygens (including phenoxy) is 2. The Bertz CT molecular complexity index is 399. The summed E-state index contributed by atoms with van der Waals surface area (Å²) in [7, 11) is 0. The monoisotopic (exact) mass is 264 g/mol. The highest BCUT2D eigenvalue weighted by molar-refractivity contribution is 5.94. The first kappa shape index (κ1) is 15.7. The summed E-state index contributed by atoms with van der Waals surface area (Å²) in [5.74, 6) is 0.873. The van der Waals surface area contributed by atoms with E-state index in [-0.39, 0.29) is 5.78 Å². The van der Waals surface area contributed by atoms with E-state index in [2.05, 4.69) is 6.92 Å². The van der Waals surface area contributed by atoms with Crippen LogP contribution in [0.15, 0.2) is 18.2 Å². The molecule has 0 saturated carbocycles. The number of benzene rings is 1. The fourth-order valence-electron chi connectivity index (χ4n) is 1.84. The van der Waals surface area contributed by atoms with Gasteiger partial charge >= 0.3 is 0 Å². The molecule has 0 amide bonds. The molecule has 1 aromatic carbocycles. The van der Waals surface area contributed by atoms with Gasteiger partial charge in [-0.1, -0.05) is 19.8 Å². The average Bonchev–Trinajstić information content (AvgIpc) is 2.40. The molecule has 0 aromatic heterocycles. The number of carbonyl (C=O) groups is 1. The van der Waals surface area contributed by atoms with Crippen LogP contribution in [0.1, 0.15) is 56.0 Å². The maximum atomic E-state index is 11.4. The van der Waals surface area contributed by atoms with Crippen molar-refractivity contribution in [1.29, 1.82) is 0 Å². The highest BCUT2D eigenvalue weighted by Gasteiger charge is 2.07. The highest BCUT2D eigenvalue weighted by atomic mass is 16.5. The number of ketones is 1. The van der Waals surface area contributed by atoms with Gasteiger partial charge in [0.25, 0.3) is 0 Å². The SMILES string of the molecule is CCCCCOCc1cc(C(C)=O)ccc1OCC. The predicted octanol–water partition coefficient (Wildman–Crippen LogP) is 3.99. The van der Waals surface area contributed by atoms with Crippen LogP contribution in [0.2, 0.25) is 0 Å². The second-order valence-electron chi connectivity index (χ2n) is 4.57. The topological polar surface area (TPSA) is 35.5 Å². The maximum absolute atomic E-state index is 11.4. The normalized spacial score (nSPS) is 10.5. The van der Waals surface area contributed by atoms with E-state index in [4.69, 9.17) is 9.47 Å². The molecule has 106 valence electrons. The molecule has 0 N–H and O–H groups in total. The smallest absolute Gasteiger partial charge is 0.159 e. The first-order valence-electron chi connectivity index (χ1n) is 7.03. The van der Waals surface area contributed by atoms with Gasteiger partial charge in [-0.2, -0.15) is 0 Å². The fraction of sp³-hybridized carbons (Fsp3) is 0.562. The van der Waals surface area contributed by atoms with Gasteiger partial charge in [0, 0.05) is 17.7 Å². The molecule has 0 atom stereocenters. The van der Waals surface area contributed by atoms with Crippen LogP contribution in [-0.2, 0) is 11.3 Å². The summed E-state index contributed by atoms with van der Waals surface area (Å²) in [4.78, 5) is 11.4. The third kappa shape index (κ3) is 5.43. The van der Waals surface area contributed by atoms with E-state index in [1.165, 1.54) is 12.8 Å². The average molecular weight is 264 g/mol. The molecular weight excluding hydrogens is 240 g/mol. The Balaban J connectivity index is 2.65. The first-order valence-corrected chi connectivity index (χ1v) is 7.03. The molecule has 0 radical (unpaired) electrons. The Hall–Kier alpha value is -1.35. The highest BCUT2D eigenvalue weighted by Crippen LogP contribution is 2.21. The molecule has 0 aliphatic rings. The van der Waals surface area contributed by atoms with Crippen LogP contribution in [0.3, 0.4) is 0 Å². The number of hydrogen-bond acceptors (Lipinski definition) is 3. The van der Waals surface area contributed by atoms with Gasteiger partial charge in [0.1, 0.15) is 5.75 Å². The van der Waals surface area contributed by atoms with Crippen molar-refractivity contribution in [3.8, 4) is 5.75 Å². The van der Waals surface area contributed by atoms with Crippen LogP contribution < -0.4 is 4.74 Å². The van der Waals surface area contributed by atoms with Gasteiger partial charge in [0.05, 0.1) is 13.2 Å². The Morgan fingerprint density at radius 2 is 2.00 bits per heavy atom. The van der Waals surface area contributed by atoms with Crippen molar-refractivity contribution >= 4 is 5.78 Å².